The number of carbonyl (C=O) groups excluding carboxylic acids is 1. The van der Waals surface area contributed by atoms with E-state index >= 15 is 0 Å². The molecule has 1 aromatic rings. The van der Waals surface area contributed by atoms with Gasteiger partial charge in [0.2, 0.25) is 5.91 Å². The van der Waals surface area contributed by atoms with Gasteiger partial charge in [0.25, 0.3) is 0 Å². The van der Waals surface area contributed by atoms with Gasteiger partial charge in [0.1, 0.15) is 6.04 Å². The number of rotatable bonds is 4. The highest BCUT2D eigenvalue weighted by molar-refractivity contribution is 9.10. The molecule has 1 atom stereocenters. The van der Waals surface area contributed by atoms with Gasteiger partial charge in [-0.25, -0.2) is 0 Å². The fraction of sp³-hybridized carbons (Fsp3) is 0.500. The fourth-order valence-electron chi connectivity index (χ4n) is 2.29. The summed E-state index contributed by atoms with van der Waals surface area (Å²) in [6, 6.07) is 8.02. The zero-order valence-corrected chi connectivity index (χ0v) is 12.2. The van der Waals surface area contributed by atoms with Gasteiger partial charge in [0.05, 0.1) is 0 Å². The smallest absolute Gasteiger partial charge is 0.242 e. The molecule has 18 heavy (non-hydrogen) atoms. The fourth-order valence-corrected chi connectivity index (χ4v) is 2.69. The molecule has 1 fully saturated rings. The lowest BCUT2D eigenvalue weighted by Gasteiger charge is -2.18. The number of nitrogens with one attached hydrogen (secondary N) is 2. The number of hydrogen-bond donors (Lipinski definition) is 2. The van der Waals surface area contributed by atoms with Crippen LogP contribution in [0.15, 0.2) is 28.7 Å². The molecule has 1 aliphatic rings. The Labute approximate surface area is 116 Å². The molecule has 0 heterocycles. The highest BCUT2D eigenvalue weighted by atomic mass is 79.9. The molecule has 98 valence electrons. The molecule has 0 aromatic heterocycles. The summed E-state index contributed by atoms with van der Waals surface area (Å²) < 4.78 is 1.01. The molecule has 1 unspecified atom stereocenters. The Morgan fingerprint density at radius 3 is 2.78 bits per heavy atom. The third kappa shape index (κ3) is 3.73. The monoisotopic (exact) mass is 310 g/mol. The molecule has 0 bridgehead atoms. The predicted octanol–water partition coefficient (Wildman–Crippen LogP) is 3.31. The van der Waals surface area contributed by atoms with Crippen molar-refractivity contribution in [1.82, 2.24) is 5.32 Å². The van der Waals surface area contributed by atoms with E-state index in [1.165, 1.54) is 12.8 Å². The van der Waals surface area contributed by atoms with Crippen LogP contribution in [0.2, 0.25) is 0 Å². The summed E-state index contributed by atoms with van der Waals surface area (Å²) in [5.41, 5.74) is 0.957. The Morgan fingerprint density at radius 2 is 2.11 bits per heavy atom. The maximum absolute atomic E-state index is 12.0. The molecule has 2 rings (SSSR count). The summed E-state index contributed by atoms with van der Waals surface area (Å²) in [4.78, 5) is 12.0. The van der Waals surface area contributed by atoms with E-state index in [1.54, 1.807) is 0 Å². The molecule has 0 spiro atoms. The lowest BCUT2D eigenvalue weighted by atomic mass is 10.2. The van der Waals surface area contributed by atoms with Crippen LogP contribution in [0.4, 0.5) is 5.69 Å². The van der Waals surface area contributed by atoms with Crippen LogP contribution < -0.4 is 10.6 Å². The van der Waals surface area contributed by atoms with E-state index in [0.717, 1.165) is 23.0 Å². The molecular formula is C14H19BrN2O. The van der Waals surface area contributed by atoms with Crippen molar-refractivity contribution < 1.29 is 4.79 Å². The molecule has 0 aliphatic heterocycles. The van der Waals surface area contributed by atoms with Crippen molar-refractivity contribution in [2.24, 2.45) is 0 Å². The Kier molecular flexibility index (Phi) is 4.64. The molecule has 0 saturated heterocycles. The summed E-state index contributed by atoms with van der Waals surface area (Å²) in [6.07, 6.45) is 4.71. The van der Waals surface area contributed by atoms with E-state index < -0.39 is 0 Å². The second-order valence-electron chi connectivity index (χ2n) is 4.87. The highest BCUT2D eigenvalue weighted by Gasteiger charge is 2.20. The average Bonchev–Trinajstić information content (AvgIpc) is 2.81. The standard InChI is InChI=1S/C14H19BrN2O/c1-10(14(18)17-12-6-2-3-7-12)16-13-8-4-5-11(15)9-13/h4-5,8-10,12,16H,2-3,6-7H2,1H3,(H,17,18). The number of anilines is 1. The predicted molar refractivity (Wildman–Crippen MR) is 77.6 cm³/mol. The van der Waals surface area contributed by atoms with Crippen molar-refractivity contribution in [1.29, 1.82) is 0 Å². The van der Waals surface area contributed by atoms with Crippen molar-refractivity contribution in [3.05, 3.63) is 28.7 Å². The van der Waals surface area contributed by atoms with Crippen LogP contribution in [0.5, 0.6) is 0 Å². The van der Waals surface area contributed by atoms with Crippen LogP contribution in [-0.2, 0) is 4.79 Å². The van der Waals surface area contributed by atoms with E-state index in [4.69, 9.17) is 0 Å². The second-order valence-corrected chi connectivity index (χ2v) is 5.78. The lowest BCUT2D eigenvalue weighted by molar-refractivity contribution is -0.122. The van der Waals surface area contributed by atoms with Crippen LogP contribution >= 0.6 is 15.9 Å². The second kappa shape index (κ2) is 6.23. The maximum Gasteiger partial charge on any atom is 0.242 e. The zero-order valence-electron chi connectivity index (χ0n) is 10.6. The highest BCUT2D eigenvalue weighted by Crippen LogP contribution is 2.19. The molecule has 3 nitrogen and oxygen atoms in total. The van der Waals surface area contributed by atoms with Crippen molar-refractivity contribution in [3.63, 3.8) is 0 Å². The Bertz CT molecular complexity index is 416. The summed E-state index contributed by atoms with van der Waals surface area (Å²) >= 11 is 3.42. The van der Waals surface area contributed by atoms with E-state index in [0.29, 0.717) is 6.04 Å². The summed E-state index contributed by atoms with van der Waals surface area (Å²) in [7, 11) is 0. The Hall–Kier alpha value is -1.03. The number of amides is 1. The van der Waals surface area contributed by atoms with Gasteiger partial charge < -0.3 is 10.6 Å². The van der Waals surface area contributed by atoms with E-state index in [2.05, 4.69) is 26.6 Å². The van der Waals surface area contributed by atoms with Crippen LogP contribution in [-0.4, -0.2) is 18.0 Å². The van der Waals surface area contributed by atoms with Crippen molar-refractivity contribution in [2.75, 3.05) is 5.32 Å². The summed E-state index contributed by atoms with van der Waals surface area (Å²) in [5.74, 6) is 0.0851. The van der Waals surface area contributed by atoms with Gasteiger partial charge in [-0.05, 0) is 38.0 Å². The van der Waals surface area contributed by atoms with Crippen molar-refractivity contribution >= 4 is 27.5 Å². The van der Waals surface area contributed by atoms with Gasteiger partial charge in [-0.2, -0.15) is 0 Å². The topological polar surface area (TPSA) is 41.1 Å². The van der Waals surface area contributed by atoms with Crippen LogP contribution in [0.25, 0.3) is 0 Å². The van der Waals surface area contributed by atoms with Gasteiger partial charge in [-0.1, -0.05) is 34.8 Å². The van der Waals surface area contributed by atoms with Crippen LogP contribution in [0.3, 0.4) is 0 Å². The quantitative estimate of drug-likeness (QED) is 0.896. The van der Waals surface area contributed by atoms with Crippen LogP contribution in [0, 0.1) is 0 Å². The first-order chi connectivity index (χ1) is 8.65. The lowest BCUT2D eigenvalue weighted by Crippen LogP contribution is -2.42. The van der Waals surface area contributed by atoms with Crippen molar-refractivity contribution in [2.45, 2.75) is 44.7 Å². The molecule has 1 saturated carbocycles. The molecule has 2 N–H and O–H groups in total. The third-order valence-corrected chi connectivity index (χ3v) is 3.80. The van der Waals surface area contributed by atoms with E-state index in [1.807, 2.05) is 31.2 Å². The number of benzene rings is 1. The van der Waals surface area contributed by atoms with Gasteiger partial charge in [-0.3, -0.25) is 4.79 Å². The maximum atomic E-state index is 12.0. The minimum Gasteiger partial charge on any atom is -0.374 e. The van der Waals surface area contributed by atoms with Crippen molar-refractivity contribution in [3.8, 4) is 0 Å². The van der Waals surface area contributed by atoms with E-state index in [-0.39, 0.29) is 11.9 Å². The SMILES string of the molecule is CC(Nc1cccc(Br)c1)C(=O)NC1CCCC1. The van der Waals surface area contributed by atoms with Gasteiger partial charge in [-0.15, -0.1) is 0 Å². The molecule has 1 aliphatic carbocycles. The number of carbonyl (C=O) groups is 1. The average molecular weight is 311 g/mol. The zero-order chi connectivity index (χ0) is 13.0. The van der Waals surface area contributed by atoms with Gasteiger partial charge in [0, 0.05) is 16.2 Å². The Balaban J connectivity index is 1.86. The first-order valence-corrected chi connectivity index (χ1v) is 7.27. The van der Waals surface area contributed by atoms with Gasteiger partial charge >= 0.3 is 0 Å². The molecular weight excluding hydrogens is 292 g/mol. The molecule has 1 aromatic carbocycles. The van der Waals surface area contributed by atoms with Crippen LogP contribution in [0.1, 0.15) is 32.6 Å². The third-order valence-electron chi connectivity index (χ3n) is 3.30. The largest absolute Gasteiger partial charge is 0.374 e. The normalized spacial score (nSPS) is 17.4. The van der Waals surface area contributed by atoms with E-state index in [9.17, 15) is 4.79 Å². The number of hydrogen-bond acceptors (Lipinski definition) is 2. The van der Waals surface area contributed by atoms with Gasteiger partial charge in [0.15, 0.2) is 0 Å². The first-order valence-electron chi connectivity index (χ1n) is 6.47. The molecule has 0 radical (unpaired) electrons. The molecule has 4 heteroatoms. The number of halogens is 1. The Morgan fingerprint density at radius 1 is 1.39 bits per heavy atom. The summed E-state index contributed by atoms with van der Waals surface area (Å²) in [6.45, 7) is 1.89. The first kappa shape index (κ1) is 13.4. The minimum absolute atomic E-state index is 0.0851. The minimum atomic E-state index is -0.208. The molecule has 1 amide bonds. The summed E-state index contributed by atoms with van der Waals surface area (Å²) in [5, 5.41) is 6.31.